The lowest BCUT2D eigenvalue weighted by Crippen LogP contribution is -2.30. The Labute approximate surface area is 189 Å². The maximum atomic E-state index is 12.4. The number of hydrogen-bond donors (Lipinski definition) is 1. The number of amides is 1. The summed E-state index contributed by atoms with van der Waals surface area (Å²) in [5, 5.41) is 13.0. The molecule has 166 valence electrons. The monoisotopic (exact) mass is 452 g/mol. The molecule has 0 saturated carbocycles. The third-order valence-corrected chi connectivity index (χ3v) is 5.70. The zero-order chi connectivity index (χ0) is 22.7. The molecule has 1 amide bonds. The summed E-state index contributed by atoms with van der Waals surface area (Å²) in [5.41, 5.74) is 2.99. The Balaban J connectivity index is 1.77. The van der Waals surface area contributed by atoms with Crippen molar-refractivity contribution in [2.24, 2.45) is 0 Å². The number of methoxy groups -OCH3 is 2. The summed E-state index contributed by atoms with van der Waals surface area (Å²) in [7, 11) is 3.22. The van der Waals surface area contributed by atoms with Crippen LogP contribution in [0.4, 0.5) is 0 Å². The van der Waals surface area contributed by atoms with Crippen molar-refractivity contribution in [1.82, 2.24) is 19.9 Å². The number of hydrogen-bond acceptors (Lipinski definition) is 8. The largest absolute Gasteiger partial charge is 0.493 e. The first-order valence-electron chi connectivity index (χ1n) is 10.2. The Morgan fingerprint density at radius 3 is 2.69 bits per heavy atom. The second-order valence-electron chi connectivity index (χ2n) is 7.49. The molecule has 0 aliphatic carbocycles. The van der Waals surface area contributed by atoms with E-state index in [0.717, 1.165) is 26.6 Å². The molecule has 0 aliphatic rings. The third kappa shape index (κ3) is 4.35. The van der Waals surface area contributed by atoms with Crippen LogP contribution in [-0.4, -0.2) is 54.0 Å². The lowest BCUT2D eigenvalue weighted by atomic mass is 10.0. The van der Waals surface area contributed by atoms with Crippen LogP contribution in [0.25, 0.3) is 32.1 Å². The summed E-state index contributed by atoms with van der Waals surface area (Å²) < 4.78 is 21.7. The Morgan fingerprint density at radius 1 is 1.09 bits per heavy atom. The first-order valence-corrected chi connectivity index (χ1v) is 10.9. The fraction of sp³-hybridized carbons (Fsp3) is 0.304. The van der Waals surface area contributed by atoms with Crippen molar-refractivity contribution in [1.29, 1.82) is 0 Å². The van der Waals surface area contributed by atoms with Gasteiger partial charge in [-0.2, -0.15) is 14.6 Å². The minimum absolute atomic E-state index is 0.0464. The predicted molar refractivity (Wildman–Crippen MR) is 125 cm³/mol. The summed E-state index contributed by atoms with van der Waals surface area (Å²) >= 11 is 1.30. The summed E-state index contributed by atoms with van der Waals surface area (Å²) in [5.74, 6) is 1.02. The topological polar surface area (TPSA) is 95.5 Å². The highest BCUT2D eigenvalue weighted by molar-refractivity contribution is 7.13. The first-order chi connectivity index (χ1) is 15.5. The number of ether oxygens (including phenoxy) is 3. The molecular weight excluding hydrogens is 428 g/mol. The van der Waals surface area contributed by atoms with Crippen LogP contribution >= 0.6 is 11.5 Å². The molecule has 0 saturated heterocycles. The third-order valence-electron chi connectivity index (χ3n) is 4.89. The molecule has 4 rings (SSSR count). The van der Waals surface area contributed by atoms with Gasteiger partial charge in [0, 0.05) is 35.6 Å². The maximum absolute atomic E-state index is 12.4. The quantitative estimate of drug-likeness (QED) is 0.403. The zero-order valence-corrected chi connectivity index (χ0v) is 19.2. The van der Waals surface area contributed by atoms with Gasteiger partial charge in [-0.15, -0.1) is 0 Å². The van der Waals surface area contributed by atoms with Gasteiger partial charge in [-0.05, 0) is 43.1 Å². The summed E-state index contributed by atoms with van der Waals surface area (Å²) in [6.07, 6.45) is 1.72. The molecule has 8 nitrogen and oxygen atoms in total. The molecule has 9 heteroatoms. The molecule has 0 bridgehead atoms. The van der Waals surface area contributed by atoms with Gasteiger partial charge in [0.1, 0.15) is 12.3 Å². The summed E-state index contributed by atoms with van der Waals surface area (Å²) in [4.78, 5) is 12.4. The molecule has 2 aromatic carbocycles. The molecule has 0 atom stereocenters. The number of aromatic nitrogens is 3. The molecule has 1 N–H and O–H groups in total. The van der Waals surface area contributed by atoms with Gasteiger partial charge in [-0.3, -0.25) is 4.79 Å². The number of nitrogens with zero attached hydrogens (tertiary/aromatic N) is 3. The lowest BCUT2D eigenvalue weighted by Gasteiger charge is -2.13. The van der Waals surface area contributed by atoms with Gasteiger partial charge in [-0.1, -0.05) is 12.1 Å². The van der Waals surface area contributed by atoms with E-state index in [2.05, 4.69) is 19.9 Å². The van der Waals surface area contributed by atoms with E-state index < -0.39 is 0 Å². The average Bonchev–Trinajstić information content (AvgIpc) is 3.21. The predicted octanol–water partition coefficient (Wildman–Crippen LogP) is 4.08. The molecule has 0 spiro atoms. The van der Waals surface area contributed by atoms with E-state index in [1.807, 2.05) is 44.2 Å². The van der Waals surface area contributed by atoms with Gasteiger partial charge >= 0.3 is 0 Å². The number of carbonyl (C=O) groups excluding carboxylic acids is 1. The SMILES string of the molecule is COCCOc1cc2c(-c3ccc4c(C(=O)NC(C)C)nsc4c3)cnnc2cc1OC. The molecule has 2 heterocycles. The Hall–Kier alpha value is -3.30. The van der Waals surface area contributed by atoms with E-state index in [0.29, 0.717) is 35.9 Å². The highest BCUT2D eigenvalue weighted by atomic mass is 32.1. The second kappa shape index (κ2) is 9.46. The van der Waals surface area contributed by atoms with Crippen molar-refractivity contribution in [3.8, 4) is 22.6 Å². The fourth-order valence-electron chi connectivity index (χ4n) is 3.40. The highest BCUT2D eigenvalue weighted by Crippen LogP contribution is 2.37. The van der Waals surface area contributed by atoms with Crippen LogP contribution in [0.15, 0.2) is 36.5 Å². The van der Waals surface area contributed by atoms with Crippen LogP contribution in [0.1, 0.15) is 24.3 Å². The van der Waals surface area contributed by atoms with Gasteiger partial charge in [0.2, 0.25) is 0 Å². The van der Waals surface area contributed by atoms with Crippen LogP contribution in [0.3, 0.4) is 0 Å². The Kier molecular flexibility index (Phi) is 6.48. The highest BCUT2D eigenvalue weighted by Gasteiger charge is 2.17. The maximum Gasteiger partial charge on any atom is 0.271 e. The van der Waals surface area contributed by atoms with E-state index in [1.165, 1.54) is 11.5 Å². The number of carbonyl (C=O) groups is 1. The Bertz CT molecular complexity index is 1270. The fourth-order valence-corrected chi connectivity index (χ4v) is 4.22. The van der Waals surface area contributed by atoms with Gasteiger partial charge in [0.25, 0.3) is 5.91 Å². The normalized spacial score (nSPS) is 11.3. The minimum Gasteiger partial charge on any atom is -0.493 e. The van der Waals surface area contributed by atoms with Gasteiger partial charge < -0.3 is 19.5 Å². The average molecular weight is 453 g/mol. The van der Waals surface area contributed by atoms with Gasteiger partial charge in [-0.25, -0.2) is 0 Å². The zero-order valence-electron chi connectivity index (χ0n) is 18.3. The standard InChI is InChI=1S/C23H24N4O4S/c1-13(2)25-23(28)22-15-6-5-14(9-21(15)32-27-22)17-12-24-26-18-11-19(30-4)20(10-16(17)18)31-8-7-29-3/h5-6,9-13H,7-8H2,1-4H3,(H,25,28). The second-order valence-corrected chi connectivity index (χ2v) is 8.29. The van der Waals surface area contributed by atoms with Crippen LogP contribution in [0.5, 0.6) is 11.5 Å². The molecule has 0 aliphatic heterocycles. The van der Waals surface area contributed by atoms with Crippen LogP contribution < -0.4 is 14.8 Å². The molecule has 4 aromatic rings. The van der Waals surface area contributed by atoms with Crippen LogP contribution in [0, 0.1) is 0 Å². The van der Waals surface area contributed by atoms with E-state index in [4.69, 9.17) is 14.2 Å². The van der Waals surface area contributed by atoms with Crippen molar-refractivity contribution < 1.29 is 19.0 Å². The number of rotatable bonds is 8. The minimum atomic E-state index is -0.167. The number of benzene rings is 2. The lowest BCUT2D eigenvalue weighted by molar-refractivity contribution is 0.0941. The van der Waals surface area contributed by atoms with Crippen molar-refractivity contribution in [2.45, 2.75) is 19.9 Å². The molecule has 32 heavy (non-hydrogen) atoms. The first kappa shape index (κ1) is 21.9. The molecule has 0 radical (unpaired) electrons. The molecule has 0 unspecified atom stereocenters. The van der Waals surface area contributed by atoms with E-state index in [-0.39, 0.29) is 11.9 Å². The summed E-state index contributed by atoms with van der Waals surface area (Å²) in [6, 6.07) is 9.68. The van der Waals surface area contributed by atoms with E-state index >= 15 is 0 Å². The van der Waals surface area contributed by atoms with E-state index in [9.17, 15) is 4.79 Å². The molecule has 0 fully saturated rings. The van der Waals surface area contributed by atoms with E-state index in [1.54, 1.807) is 20.4 Å². The van der Waals surface area contributed by atoms with Crippen molar-refractivity contribution in [3.05, 3.63) is 42.2 Å². The molecular formula is C23H24N4O4S. The smallest absolute Gasteiger partial charge is 0.271 e. The molecule has 2 aromatic heterocycles. The summed E-state index contributed by atoms with van der Waals surface area (Å²) in [6.45, 7) is 4.72. The number of nitrogens with one attached hydrogen (secondary N) is 1. The van der Waals surface area contributed by atoms with Crippen molar-refractivity contribution >= 4 is 38.4 Å². The number of fused-ring (bicyclic) bond motifs is 2. The van der Waals surface area contributed by atoms with Gasteiger partial charge in [0.05, 0.1) is 30.1 Å². The Morgan fingerprint density at radius 2 is 1.94 bits per heavy atom. The van der Waals surface area contributed by atoms with Crippen molar-refractivity contribution in [3.63, 3.8) is 0 Å². The van der Waals surface area contributed by atoms with Gasteiger partial charge in [0.15, 0.2) is 11.5 Å². The van der Waals surface area contributed by atoms with Crippen molar-refractivity contribution in [2.75, 3.05) is 27.4 Å². The van der Waals surface area contributed by atoms with Crippen LogP contribution in [0.2, 0.25) is 0 Å². The van der Waals surface area contributed by atoms with Crippen LogP contribution in [-0.2, 0) is 4.74 Å².